The maximum absolute atomic E-state index is 8.81. The Morgan fingerprint density at radius 3 is 2.76 bits per heavy atom. The summed E-state index contributed by atoms with van der Waals surface area (Å²) in [5.74, 6) is 3.84. The highest BCUT2D eigenvalue weighted by Crippen LogP contribution is 2.50. The van der Waals surface area contributed by atoms with Crippen LogP contribution in [-0.4, -0.2) is 11.7 Å². The summed E-state index contributed by atoms with van der Waals surface area (Å²) in [5.41, 5.74) is 0. The van der Waals surface area contributed by atoms with Crippen LogP contribution in [0.1, 0.15) is 71.1 Å². The topological polar surface area (TPSA) is 20.2 Å². The second-order valence-electron chi connectivity index (χ2n) is 7.10. The minimum Gasteiger partial charge on any atom is -0.396 e. The average Bonchev–Trinajstić information content (AvgIpc) is 2.86. The van der Waals surface area contributed by atoms with Crippen molar-refractivity contribution in [2.75, 3.05) is 6.61 Å². The summed E-state index contributed by atoms with van der Waals surface area (Å²) in [6.45, 7) is 2.66. The van der Waals surface area contributed by atoms with Gasteiger partial charge in [-0.05, 0) is 68.6 Å². The Morgan fingerprint density at radius 2 is 1.95 bits per heavy atom. The molecule has 1 fully saturated rings. The molecule has 0 saturated heterocycles. The number of aliphatic hydroxyl groups excluding tert-OH is 1. The first-order valence-electron chi connectivity index (χ1n) is 9.27. The zero-order valence-electron chi connectivity index (χ0n) is 13.8. The van der Waals surface area contributed by atoms with Gasteiger partial charge in [0.05, 0.1) is 0 Å². The lowest BCUT2D eigenvalue weighted by Crippen LogP contribution is -2.18. The molecule has 120 valence electrons. The van der Waals surface area contributed by atoms with Gasteiger partial charge in [-0.2, -0.15) is 0 Å². The van der Waals surface area contributed by atoms with Gasteiger partial charge in [0.1, 0.15) is 0 Å². The van der Waals surface area contributed by atoms with E-state index < -0.39 is 0 Å². The minimum atomic E-state index is 0.339. The molecule has 0 aromatic rings. The van der Waals surface area contributed by atoms with E-state index in [0.29, 0.717) is 6.61 Å². The predicted octanol–water partition coefficient (Wildman–Crippen LogP) is 5.50. The first-order valence-corrected chi connectivity index (χ1v) is 9.27. The van der Waals surface area contributed by atoms with Crippen LogP contribution >= 0.6 is 0 Å². The van der Waals surface area contributed by atoms with Crippen molar-refractivity contribution in [2.45, 2.75) is 71.1 Å². The lowest BCUT2D eigenvalue weighted by molar-refractivity contribution is 0.270. The highest BCUT2D eigenvalue weighted by molar-refractivity contribution is 5.03. The van der Waals surface area contributed by atoms with Gasteiger partial charge in [-0.1, -0.05) is 50.5 Å². The van der Waals surface area contributed by atoms with Gasteiger partial charge in [0.15, 0.2) is 0 Å². The van der Waals surface area contributed by atoms with E-state index in [1.165, 1.54) is 44.9 Å². The third-order valence-corrected chi connectivity index (χ3v) is 5.66. The summed E-state index contributed by atoms with van der Waals surface area (Å²) in [5, 5.41) is 8.81. The zero-order chi connectivity index (χ0) is 14.9. The Balaban J connectivity index is 1.84. The molecular weight excluding hydrogens is 256 g/mol. The molecule has 2 aliphatic carbocycles. The number of aliphatic hydroxyl groups is 1. The van der Waals surface area contributed by atoms with Gasteiger partial charge < -0.3 is 5.11 Å². The standard InChI is InChI=1S/C20H34O/c1-2-3-11-17-16-18-12-8-9-14-20(18)19(17)13-7-5-4-6-10-15-21/h5,7-9,17-21H,2-4,6,10-16H2,1H3/b7-5+/t17-,18+,19+,20+/m0/s1. The molecule has 1 N–H and O–H groups in total. The summed E-state index contributed by atoms with van der Waals surface area (Å²) in [4.78, 5) is 0. The highest BCUT2D eigenvalue weighted by Gasteiger charge is 2.41. The summed E-state index contributed by atoms with van der Waals surface area (Å²) in [6.07, 6.45) is 22.5. The van der Waals surface area contributed by atoms with E-state index in [1.54, 1.807) is 0 Å². The van der Waals surface area contributed by atoms with Crippen LogP contribution < -0.4 is 0 Å². The molecule has 0 unspecified atom stereocenters. The van der Waals surface area contributed by atoms with Crippen molar-refractivity contribution in [1.82, 2.24) is 0 Å². The van der Waals surface area contributed by atoms with E-state index in [-0.39, 0.29) is 0 Å². The van der Waals surface area contributed by atoms with Crippen LogP contribution in [0.4, 0.5) is 0 Å². The van der Waals surface area contributed by atoms with Crippen LogP contribution in [-0.2, 0) is 0 Å². The van der Waals surface area contributed by atoms with Crippen molar-refractivity contribution in [3.63, 3.8) is 0 Å². The molecule has 2 aliphatic rings. The summed E-state index contributed by atoms with van der Waals surface area (Å²) >= 11 is 0. The van der Waals surface area contributed by atoms with Crippen molar-refractivity contribution in [3.05, 3.63) is 24.3 Å². The third kappa shape index (κ3) is 4.98. The molecule has 0 heterocycles. The first kappa shape index (κ1) is 16.8. The van der Waals surface area contributed by atoms with Gasteiger partial charge in [-0.15, -0.1) is 0 Å². The van der Waals surface area contributed by atoms with Crippen LogP contribution in [0.5, 0.6) is 0 Å². The zero-order valence-corrected chi connectivity index (χ0v) is 13.8. The van der Waals surface area contributed by atoms with Gasteiger partial charge in [-0.25, -0.2) is 0 Å². The maximum Gasteiger partial charge on any atom is 0.0431 e. The molecule has 0 bridgehead atoms. The molecule has 4 atom stereocenters. The van der Waals surface area contributed by atoms with E-state index in [2.05, 4.69) is 31.2 Å². The second-order valence-corrected chi connectivity index (χ2v) is 7.10. The largest absolute Gasteiger partial charge is 0.396 e. The normalized spacial score (nSPS) is 31.9. The van der Waals surface area contributed by atoms with Gasteiger partial charge in [0.2, 0.25) is 0 Å². The number of fused-ring (bicyclic) bond motifs is 1. The van der Waals surface area contributed by atoms with Crippen LogP contribution in [0, 0.1) is 23.7 Å². The summed E-state index contributed by atoms with van der Waals surface area (Å²) in [6, 6.07) is 0. The van der Waals surface area contributed by atoms with E-state index >= 15 is 0 Å². The Labute approximate surface area is 131 Å². The van der Waals surface area contributed by atoms with Crippen molar-refractivity contribution in [1.29, 1.82) is 0 Å². The van der Waals surface area contributed by atoms with Crippen molar-refractivity contribution < 1.29 is 5.11 Å². The van der Waals surface area contributed by atoms with Crippen molar-refractivity contribution in [3.8, 4) is 0 Å². The number of hydrogen-bond acceptors (Lipinski definition) is 1. The monoisotopic (exact) mass is 290 g/mol. The number of rotatable bonds is 9. The van der Waals surface area contributed by atoms with Crippen LogP contribution in [0.25, 0.3) is 0 Å². The van der Waals surface area contributed by atoms with Gasteiger partial charge in [0.25, 0.3) is 0 Å². The lowest BCUT2D eigenvalue weighted by atomic mass is 9.78. The summed E-state index contributed by atoms with van der Waals surface area (Å²) in [7, 11) is 0. The minimum absolute atomic E-state index is 0.339. The third-order valence-electron chi connectivity index (χ3n) is 5.66. The summed E-state index contributed by atoms with van der Waals surface area (Å²) < 4.78 is 0. The smallest absolute Gasteiger partial charge is 0.0431 e. The van der Waals surface area contributed by atoms with E-state index in [0.717, 1.165) is 42.9 Å². The molecule has 21 heavy (non-hydrogen) atoms. The molecule has 1 saturated carbocycles. The highest BCUT2D eigenvalue weighted by atomic mass is 16.2. The van der Waals surface area contributed by atoms with Gasteiger partial charge in [-0.3, -0.25) is 0 Å². The molecule has 0 radical (unpaired) electrons. The Bertz CT molecular complexity index is 331. The lowest BCUT2D eigenvalue weighted by Gasteiger charge is -2.27. The SMILES string of the molecule is CCCC[C@H]1C[C@H]2CC=CC[C@H]2[C@@H]1C/C=C/CCCCO. The Morgan fingerprint density at radius 1 is 1.10 bits per heavy atom. The van der Waals surface area contributed by atoms with Crippen molar-refractivity contribution >= 4 is 0 Å². The maximum atomic E-state index is 8.81. The number of unbranched alkanes of at least 4 members (excludes halogenated alkanes) is 3. The van der Waals surface area contributed by atoms with E-state index in [4.69, 9.17) is 5.11 Å². The molecule has 0 aromatic heterocycles. The molecule has 1 nitrogen and oxygen atoms in total. The van der Waals surface area contributed by atoms with Crippen LogP contribution in [0.3, 0.4) is 0 Å². The molecule has 2 rings (SSSR count). The fourth-order valence-electron chi connectivity index (χ4n) is 4.51. The van der Waals surface area contributed by atoms with Crippen LogP contribution in [0.15, 0.2) is 24.3 Å². The number of allylic oxidation sites excluding steroid dienone is 4. The molecule has 0 aliphatic heterocycles. The van der Waals surface area contributed by atoms with Crippen molar-refractivity contribution in [2.24, 2.45) is 23.7 Å². The fourth-order valence-corrected chi connectivity index (χ4v) is 4.51. The average molecular weight is 290 g/mol. The molecule has 0 aromatic carbocycles. The van der Waals surface area contributed by atoms with Gasteiger partial charge in [0, 0.05) is 6.61 Å². The molecule has 1 heteroatoms. The molecular formula is C20H34O. The second kappa shape index (κ2) is 9.46. The molecule has 0 spiro atoms. The predicted molar refractivity (Wildman–Crippen MR) is 91.2 cm³/mol. The van der Waals surface area contributed by atoms with E-state index in [1.807, 2.05) is 0 Å². The van der Waals surface area contributed by atoms with E-state index in [9.17, 15) is 0 Å². The number of hydrogen-bond donors (Lipinski definition) is 1. The quantitative estimate of drug-likeness (QED) is 0.439. The van der Waals surface area contributed by atoms with Gasteiger partial charge >= 0.3 is 0 Å². The van der Waals surface area contributed by atoms with Crippen LogP contribution in [0.2, 0.25) is 0 Å². The Hall–Kier alpha value is -0.560. The Kier molecular flexibility index (Phi) is 7.57. The first-order chi connectivity index (χ1) is 10.4. The fraction of sp³-hybridized carbons (Fsp3) is 0.800. The molecule has 0 amide bonds.